The quantitative estimate of drug-likeness (QED) is 0.603. The predicted molar refractivity (Wildman–Crippen MR) is 129 cm³/mol. The maximum absolute atomic E-state index is 12.5. The highest BCUT2D eigenvalue weighted by molar-refractivity contribution is 5.93. The van der Waals surface area contributed by atoms with Gasteiger partial charge in [-0.15, -0.1) is 0 Å². The molecular weight excluding hydrogens is 418 g/mol. The maximum Gasteiger partial charge on any atom is 0.238 e. The fourth-order valence-corrected chi connectivity index (χ4v) is 4.17. The molecule has 0 atom stereocenters. The van der Waals surface area contributed by atoms with Crippen LogP contribution in [0.2, 0.25) is 0 Å². The molecule has 1 aliphatic rings. The van der Waals surface area contributed by atoms with E-state index in [0.717, 1.165) is 49.1 Å². The highest BCUT2D eigenvalue weighted by Crippen LogP contribution is 2.27. The highest BCUT2D eigenvalue weighted by Gasteiger charge is 2.24. The molecule has 3 aromatic rings. The smallest absolute Gasteiger partial charge is 0.238 e. The molecule has 0 spiro atoms. The first-order valence-electron chi connectivity index (χ1n) is 11.0. The van der Waals surface area contributed by atoms with Crippen molar-refractivity contribution in [2.75, 3.05) is 48.3 Å². The molecule has 1 saturated heterocycles. The molecule has 9 heteroatoms. The summed E-state index contributed by atoms with van der Waals surface area (Å²) in [6.07, 6.45) is 1.77. The number of aryl methyl sites for hydroxylation is 1. The number of carbonyl (C=O) groups excluding carboxylic acids is 2. The number of nitrogens with one attached hydrogen (secondary N) is 2. The molecule has 0 radical (unpaired) electrons. The highest BCUT2D eigenvalue weighted by atomic mass is 16.2. The number of pyridine rings is 1. The fraction of sp³-hybridized carbons (Fsp3) is 0.333. The minimum Gasteiger partial charge on any atom is -0.366 e. The van der Waals surface area contributed by atoms with Crippen LogP contribution >= 0.6 is 0 Å². The molecule has 2 N–H and O–H groups in total. The Kier molecular flexibility index (Phi) is 6.69. The second-order valence-electron chi connectivity index (χ2n) is 8.19. The Bertz CT molecular complexity index is 1120. The predicted octanol–water partition coefficient (Wildman–Crippen LogP) is 2.60. The summed E-state index contributed by atoms with van der Waals surface area (Å²) in [7, 11) is 0. The van der Waals surface area contributed by atoms with Crippen molar-refractivity contribution >= 4 is 28.9 Å². The number of benzene rings is 1. The van der Waals surface area contributed by atoms with Gasteiger partial charge in [0.25, 0.3) is 0 Å². The first kappa shape index (κ1) is 22.5. The van der Waals surface area contributed by atoms with E-state index in [9.17, 15) is 9.59 Å². The van der Waals surface area contributed by atoms with Gasteiger partial charge in [-0.2, -0.15) is 5.10 Å². The summed E-state index contributed by atoms with van der Waals surface area (Å²) >= 11 is 0. The zero-order valence-corrected chi connectivity index (χ0v) is 19.2. The number of rotatable bonds is 6. The van der Waals surface area contributed by atoms with Gasteiger partial charge in [-0.25, -0.2) is 9.67 Å². The molecule has 1 aromatic carbocycles. The van der Waals surface area contributed by atoms with Crippen molar-refractivity contribution in [2.24, 2.45) is 0 Å². The van der Waals surface area contributed by atoms with Crippen LogP contribution < -0.4 is 15.5 Å². The zero-order valence-electron chi connectivity index (χ0n) is 19.2. The normalized spacial score (nSPS) is 14.2. The second-order valence-corrected chi connectivity index (χ2v) is 8.19. The summed E-state index contributed by atoms with van der Waals surface area (Å²) in [4.78, 5) is 32.5. The van der Waals surface area contributed by atoms with E-state index in [2.05, 4.69) is 32.3 Å². The summed E-state index contributed by atoms with van der Waals surface area (Å²) in [6.45, 7) is 9.14. The van der Waals surface area contributed by atoms with Crippen LogP contribution in [0.4, 0.5) is 17.1 Å². The Labute approximate surface area is 193 Å². The van der Waals surface area contributed by atoms with Crippen LogP contribution in [0.1, 0.15) is 18.3 Å². The lowest BCUT2D eigenvalue weighted by Crippen LogP contribution is -2.49. The number of hydrogen-bond donors (Lipinski definition) is 2. The van der Waals surface area contributed by atoms with E-state index in [1.54, 1.807) is 30.5 Å². The van der Waals surface area contributed by atoms with Crippen LogP contribution in [0.25, 0.3) is 5.82 Å². The van der Waals surface area contributed by atoms with Gasteiger partial charge in [0, 0.05) is 50.7 Å². The van der Waals surface area contributed by atoms with Gasteiger partial charge in [-0.1, -0.05) is 6.07 Å². The average Bonchev–Trinajstić information content (AvgIpc) is 3.10. The third-order valence-electron chi connectivity index (χ3n) is 5.66. The molecule has 2 amide bonds. The number of carbonyl (C=O) groups is 2. The Morgan fingerprint density at radius 2 is 1.61 bits per heavy atom. The van der Waals surface area contributed by atoms with Crippen molar-refractivity contribution < 1.29 is 9.59 Å². The monoisotopic (exact) mass is 447 g/mol. The third kappa shape index (κ3) is 5.38. The zero-order chi connectivity index (χ0) is 23.4. The summed E-state index contributed by atoms with van der Waals surface area (Å²) < 4.78 is 1.89. The summed E-state index contributed by atoms with van der Waals surface area (Å²) in [5.41, 5.74) is 4.60. The van der Waals surface area contributed by atoms with Gasteiger partial charge >= 0.3 is 0 Å². The van der Waals surface area contributed by atoms with E-state index in [4.69, 9.17) is 5.10 Å². The molecule has 0 bridgehead atoms. The second kappa shape index (κ2) is 9.83. The molecule has 9 nitrogen and oxygen atoms in total. The van der Waals surface area contributed by atoms with Crippen molar-refractivity contribution in [2.45, 2.75) is 20.8 Å². The van der Waals surface area contributed by atoms with E-state index in [-0.39, 0.29) is 11.8 Å². The Balaban J connectivity index is 1.32. The summed E-state index contributed by atoms with van der Waals surface area (Å²) in [5.74, 6) is 0.635. The Morgan fingerprint density at radius 1 is 0.939 bits per heavy atom. The van der Waals surface area contributed by atoms with Crippen molar-refractivity contribution in [3.8, 4) is 5.82 Å². The van der Waals surface area contributed by atoms with Crippen LogP contribution in [0.15, 0.2) is 48.7 Å². The van der Waals surface area contributed by atoms with Crippen LogP contribution in [-0.2, 0) is 9.59 Å². The number of amides is 2. The van der Waals surface area contributed by atoms with Crippen molar-refractivity contribution in [3.63, 3.8) is 0 Å². The van der Waals surface area contributed by atoms with E-state index in [1.807, 2.05) is 29.8 Å². The van der Waals surface area contributed by atoms with E-state index >= 15 is 0 Å². The number of anilines is 3. The van der Waals surface area contributed by atoms with Gasteiger partial charge < -0.3 is 15.5 Å². The van der Waals surface area contributed by atoms with E-state index < -0.39 is 0 Å². The summed E-state index contributed by atoms with van der Waals surface area (Å²) in [6, 6.07) is 12.9. The first-order chi connectivity index (χ1) is 15.9. The van der Waals surface area contributed by atoms with Crippen molar-refractivity contribution in [1.82, 2.24) is 19.7 Å². The lowest BCUT2D eigenvalue weighted by Gasteiger charge is -2.35. The maximum atomic E-state index is 12.5. The standard InChI is InChI=1S/C24H29N7O2/c1-17-24(18(2)31(28-17)22-6-4-5-11-25-22)30-14-12-29(13-15-30)16-23(33)27-21-9-7-20(8-10-21)26-19(3)32/h4-11H,12-16H2,1-3H3,(H,26,32)(H,27,33). The van der Waals surface area contributed by atoms with Crippen LogP contribution in [-0.4, -0.2) is 64.2 Å². The number of aromatic nitrogens is 3. The first-order valence-corrected chi connectivity index (χ1v) is 11.0. The van der Waals surface area contributed by atoms with Gasteiger partial charge in [0.1, 0.15) is 0 Å². The summed E-state index contributed by atoms with van der Waals surface area (Å²) in [5, 5.41) is 10.3. The van der Waals surface area contributed by atoms with E-state index in [1.165, 1.54) is 6.92 Å². The minimum atomic E-state index is -0.125. The lowest BCUT2D eigenvalue weighted by molar-refractivity contribution is -0.117. The van der Waals surface area contributed by atoms with Crippen molar-refractivity contribution in [1.29, 1.82) is 0 Å². The van der Waals surface area contributed by atoms with E-state index in [0.29, 0.717) is 17.9 Å². The molecule has 1 aliphatic heterocycles. The molecule has 4 rings (SSSR count). The number of nitrogens with zero attached hydrogens (tertiary/aromatic N) is 5. The van der Waals surface area contributed by atoms with Gasteiger partial charge in [0.05, 0.1) is 23.6 Å². The Morgan fingerprint density at radius 3 is 2.21 bits per heavy atom. The molecule has 1 fully saturated rings. The van der Waals surface area contributed by atoms with Crippen LogP contribution in [0.5, 0.6) is 0 Å². The SMILES string of the molecule is CC(=O)Nc1ccc(NC(=O)CN2CCN(c3c(C)nn(-c4ccccn4)c3C)CC2)cc1. The topological polar surface area (TPSA) is 95.4 Å². The molecule has 0 aliphatic carbocycles. The van der Waals surface area contributed by atoms with Gasteiger partial charge in [-0.05, 0) is 50.2 Å². The van der Waals surface area contributed by atoms with Crippen LogP contribution in [0, 0.1) is 13.8 Å². The molecule has 0 saturated carbocycles. The number of hydrogen-bond acceptors (Lipinski definition) is 6. The van der Waals surface area contributed by atoms with Crippen molar-refractivity contribution in [3.05, 3.63) is 60.0 Å². The largest absolute Gasteiger partial charge is 0.366 e. The third-order valence-corrected chi connectivity index (χ3v) is 5.66. The molecular formula is C24H29N7O2. The molecule has 2 aromatic heterocycles. The average molecular weight is 448 g/mol. The fourth-order valence-electron chi connectivity index (χ4n) is 4.17. The Hall–Kier alpha value is -3.72. The molecule has 0 unspecified atom stereocenters. The molecule has 33 heavy (non-hydrogen) atoms. The van der Waals surface area contributed by atoms with Gasteiger partial charge in [0.15, 0.2) is 5.82 Å². The van der Waals surface area contributed by atoms with Crippen LogP contribution in [0.3, 0.4) is 0 Å². The number of piperazine rings is 1. The molecule has 3 heterocycles. The van der Waals surface area contributed by atoms with Gasteiger partial charge in [-0.3, -0.25) is 14.5 Å². The van der Waals surface area contributed by atoms with Gasteiger partial charge in [0.2, 0.25) is 11.8 Å². The minimum absolute atomic E-state index is 0.0499. The lowest BCUT2D eigenvalue weighted by atomic mass is 10.2. The molecule has 172 valence electrons.